The Morgan fingerprint density at radius 3 is 2.80 bits per heavy atom. The van der Waals surface area contributed by atoms with Crippen LogP contribution in [0.25, 0.3) is 0 Å². The van der Waals surface area contributed by atoms with Gasteiger partial charge in [-0.3, -0.25) is 4.79 Å². The van der Waals surface area contributed by atoms with Gasteiger partial charge in [0.2, 0.25) is 5.91 Å². The van der Waals surface area contributed by atoms with Gasteiger partial charge in [0.25, 0.3) is 0 Å². The number of aliphatic imine (C=N–C) groups is 1. The highest BCUT2D eigenvalue weighted by Crippen LogP contribution is 2.10. The Morgan fingerprint density at radius 1 is 1.36 bits per heavy atom. The van der Waals surface area contributed by atoms with Crippen molar-refractivity contribution in [3.05, 3.63) is 46.2 Å². The van der Waals surface area contributed by atoms with Gasteiger partial charge in [-0.2, -0.15) is 0 Å². The Balaban J connectivity index is 0.00000312. The van der Waals surface area contributed by atoms with Crippen LogP contribution in [0.3, 0.4) is 0 Å². The number of halogens is 2. The number of anilines is 1. The smallest absolute Gasteiger partial charge is 0.246 e. The van der Waals surface area contributed by atoms with E-state index in [-0.39, 0.29) is 36.4 Å². The van der Waals surface area contributed by atoms with Gasteiger partial charge in [0.05, 0.1) is 6.54 Å². The third-order valence-electron chi connectivity index (χ3n) is 2.91. The minimum Gasteiger partial charge on any atom is -0.357 e. The Hall–Kier alpha value is -1.75. The number of nitrogens with one attached hydrogen (secondary N) is 3. The quantitative estimate of drug-likeness (QED) is 0.340. The van der Waals surface area contributed by atoms with Crippen LogP contribution in [0.1, 0.15) is 16.8 Å². The highest BCUT2D eigenvalue weighted by Gasteiger charge is 2.05. The molecule has 0 spiro atoms. The molecule has 1 amide bonds. The maximum atomic E-state index is 13.1. The number of rotatable bonds is 6. The topological polar surface area (TPSA) is 78.4 Å². The molecule has 136 valence electrons. The second-order valence-corrected chi connectivity index (χ2v) is 6.29. The standard InChI is InChI=1S/C16H20FN5OS.HI/c1-3-18-16(21-10-15-19-8-11(2)24-15)20-9-14(23)22-13-6-4-5-12(17)7-13;/h4-8H,3,9-10H2,1-2H3,(H,22,23)(H2,18,20,21);1H. The number of aromatic nitrogens is 1. The van der Waals surface area contributed by atoms with Crippen molar-refractivity contribution in [3.63, 3.8) is 0 Å². The molecule has 2 rings (SSSR count). The summed E-state index contributed by atoms with van der Waals surface area (Å²) >= 11 is 1.60. The van der Waals surface area contributed by atoms with Crippen LogP contribution >= 0.6 is 35.3 Å². The first-order valence-corrected chi connectivity index (χ1v) is 8.37. The molecule has 1 aromatic heterocycles. The summed E-state index contributed by atoms with van der Waals surface area (Å²) in [5.41, 5.74) is 0.409. The molecule has 6 nitrogen and oxygen atoms in total. The average molecular weight is 477 g/mol. The molecule has 0 bridgehead atoms. The van der Waals surface area contributed by atoms with Crippen LogP contribution in [-0.4, -0.2) is 29.9 Å². The van der Waals surface area contributed by atoms with Crippen LogP contribution in [-0.2, 0) is 11.3 Å². The van der Waals surface area contributed by atoms with Crippen LogP contribution in [0, 0.1) is 12.7 Å². The molecule has 0 fully saturated rings. The lowest BCUT2D eigenvalue weighted by Crippen LogP contribution is -2.37. The SMILES string of the molecule is CCNC(=NCC(=O)Nc1cccc(F)c1)NCc1ncc(C)s1.I. The molecule has 9 heteroatoms. The molecule has 1 heterocycles. The van der Waals surface area contributed by atoms with Gasteiger partial charge in [-0.25, -0.2) is 14.4 Å². The minimum atomic E-state index is -0.398. The predicted molar refractivity (Wildman–Crippen MR) is 110 cm³/mol. The summed E-state index contributed by atoms with van der Waals surface area (Å²) in [7, 11) is 0. The number of amides is 1. The normalized spacial score (nSPS) is 10.8. The van der Waals surface area contributed by atoms with Gasteiger partial charge in [-0.05, 0) is 32.0 Å². The van der Waals surface area contributed by atoms with Crippen LogP contribution in [0.2, 0.25) is 0 Å². The number of hydrogen-bond donors (Lipinski definition) is 3. The lowest BCUT2D eigenvalue weighted by Gasteiger charge is -2.10. The molecule has 0 saturated heterocycles. The third-order valence-corrected chi connectivity index (χ3v) is 3.82. The van der Waals surface area contributed by atoms with E-state index in [4.69, 9.17) is 0 Å². The van der Waals surface area contributed by atoms with Gasteiger partial charge < -0.3 is 16.0 Å². The summed E-state index contributed by atoms with van der Waals surface area (Å²) in [6, 6.07) is 5.74. The fourth-order valence-corrected chi connectivity index (χ4v) is 2.63. The van der Waals surface area contributed by atoms with E-state index in [9.17, 15) is 9.18 Å². The van der Waals surface area contributed by atoms with E-state index in [1.807, 2.05) is 20.0 Å². The number of aryl methyl sites for hydroxylation is 1. The lowest BCUT2D eigenvalue weighted by atomic mass is 10.3. The summed E-state index contributed by atoms with van der Waals surface area (Å²) in [5.74, 6) is -0.187. The molecule has 0 unspecified atom stereocenters. The minimum absolute atomic E-state index is 0. The van der Waals surface area contributed by atoms with Crippen molar-refractivity contribution in [3.8, 4) is 0 Å². The van der Waals surface area contributed by atoms with Gasteiger partial charge in [-0.15, -0.1) is 35.3 Å². The van der Waals surface area contributed by atoms with E-state index in [1.54, 1.807) is 17.4 Å². The van der Waals surface area contributed by atoms with Crippen molar-refractivity contribution in [2.24, 2.45) is 4.99 Å². The van der Waals surface area contributed by atoms with Crippen molar-refractivity contribution in [1.82, 2.24) is 15.6 Å². The number of guanidine groups is 1. The zero-order chi connectivity index (χ0) is 17.4. The van der Waals surface area contributed by atoms with Crippen molar-refractivity contribution in [2.45, 2.75) is 20.4 Å². The van der Waals surface area contributed by atoms with Crippen molar-refractivity contribution in [2.75, 3.05) is 18.4 Å². The van der Waals surface area contributed by atoms with E-state index < -0.39 is 5.82 Å². The molecule has 3 N–H and O–H groups in total. The number of thiazole rings is 1. The number of hydrogen-bond acceptors (Lipinski definition) is 4. The van der Waals surface area contributed by atoms with E-state index in [0.29, 0.717) is 24.7 Å². The maximum absolute atomic E-state index is 13.1. The van der Waals surface area contributed by atoms with E-state index in [2.05, 4.69) is 25.9 Å². The van der Waals surface area contributed by atoms with Crippen LogP contribution < -0.4 is 16.0 Å². The summed E-state index contributed by atoms with van der Waals surface area (Å²) < 4.78 is 13.1. The van der Waals surface area contributed by atoms with Gasteiger partial charge in [0, 0.05) is 23.3 Å². The van der Waals surface area contributed by atoms with Crippen molar-refractivity contribution < 1.29 is 9.18 Å². The van der Waals surface area contributed by atoms with E-state index >= 15 is 0 Å². The summed E-state index contributed by atoms with van der Waals surface area (Å²) in [4.78, 5) is 21.5. The monoisotopic (exact) mass is 477 g/mol. The Bertz CT molecular complexity index is 722. The van der Waals surface area contributed by atoms with Gasteiger partial charge in [-0.1, -0.05) is 6.07 Å². The fraction of sp³-hybridized carbons (Fsp3) is 0.312. The molecule has 0 aliphatic carbocycles. The molecule has 0 aliphatic heterocycles. The predicted octanol–water partition coefficient (Wildman–Crippen LogP) is 2.90. The van der Waals surface area contributed by atoms with E-state index in [0.717, 1.165) is 9.88 Å². The van der Waals surface area contributed by atoms with Crippen molar-refractivity contribution >= 4 is 52.9 Å². The highest BCUT2D eigenvalue weighted by molar-refractivity contribution is 14.0. The first-order chi connectivity index (χ1) is 11.6. The molecule has 1 aromatic carbocycles. The molecule has 0 atom stereocenters. The van der Waals surface area contributed by atoms with E-state index in [1.165, 1.54) is 18.2 Å². The molecule has 25 heavy (non-hydrogen) atoms. The largest absolute Gasteiger partial charge is 0.357 e. The molecule has 0 aliphatic rings. The number of benzene rings is 1. The highest BCUT2D eigenvalue weighted by atomic mass is 127. The molecular formula is C16H21FIN5OS. The summed E-state index contributed by atoms with van der Waals surface area (Å²) in [6.07, 6.45) is 1.82. The Labute approximate surface area is 167 Å². The molecule has 2 aromatic rings. The van der Waals surface area contributed by atoms with Crippen molar-refractivity contribution in [1.29, 1.82) is 0 Å². The van der Waals surface area contributed by atoms with Crippen LogP contribution in [0.4, 0.5) is 10.1 Å². The molecule has 0 radical (unpaired) electrons. The molecular weight excluding hydrogens is 456 g/mol. The van der Waals surface area contributed by atoms with Gasteiger partial charge in [0.15, 0.2) is 5.96 Å². The van der Waals surface area contributed by atoms with Gasteiger partial charge >= 0.3 is 0 Å². The van der Waals surface area contributed by atoms with Crippen LogP contribution in [0.5, 0.6) is 0 Å². The first kappa shape index (κ1) is 21.3. The van der Waals surface area contributed by atoms with Gasteiger partial charge in [0.1, 0.15) is 17.4 Å². The summed E-state index contributed by atoms with van der Waals surface area (Å²) in [6.45, 7) is 5.08. The number of nitrogens with zero attached hydrogens (tertiary/aromatic N) is 2. The number of carbonyl (C=O) groups excluding carboxylic acids is 1. The first-order valence-electron chi connectivity index (χ1n) is 7.55. The maximum Gasteiger partial charge on any atom is 0.246 e. The zero-order valence-electron chi connectivity index (χ0n) is 14.0. The zero-order valence-corrected chi connectivity index (χ0v) is 17.2. The Morgan fingerprint density at radius 2 is 2.16 bits per heavy atom. The fourth-order valence-electron chi connectivity index (χ4n) is 1.90. The summed E-state index contributed by atoms with van der Waals surface area (Å²) in [5, 5.41) is 9.74. The lowest BCUT2D eigenvalue weighted by molar-refractivity contribution is -0.114. The third kappa shape index (κ3) is 7.78. The average Bonchev–Trinajstić information content (AvgIpc) is 2.95. The second-order valence-electron chi connectivity index (χ2n) is 4.97. The number of carbonyl (C=O) groups is 1. The van der Waals surface area contributed by atoms with Crippen LogP contribution in [0.15, 0.2) is 35.5 Å². The second kappa shape index (κ2) is 11.0. The molecule has 0 saturated carbocycles. The Kier molecular flexibility index (Phi) is 9.35.